The van der Waals surface area contributed by atoms with E-state index in [-0.39, 0.29) is 13.2 Å². The van der Waals surface area contributed by atoms with Crippen molar-refractivity contribution in [2.45, 2.75) is 20.0 Å². The second-order valence-electron chi connectivity index (χ2n) is 6.09. The largest absolute Gasteiger partial charge is 0.462 e. The molecule has 27 heavy (non-hydrogen) atoms. The zero-order valence-corrected chi connectivity index (χ0v) is 15.3. The van der Waals surface area contributed by atoms with Gasteiger partial charge in [0.25, 0.3) is 0 Å². The molecule has 1 aromatic heterocycles. The Labute approximate surface area is 157 Å². The maximum Gasteiger partial charge on any atom is 0.341 e. The molecule has 1 atom stereocenters. The molecule has 0 aliphatic heterocycles. The van der Waals surface area contributed by atoms with Crippen LogP contribution in [0.2, 0.25) is 0 Å². The number of ether oxygens (including phenoxy) is 2. The summed E-state index contributed by atoms with van der Waals surface area (Å²) in [4.78, 5) is 16.7. The van der Waals surface area contributed by atoms with Gasteiger partial charge in [-0.05, 0) is 44.2 Å². The van der Waals surface area contributed by atoms with Crippen molar-refractivity contribution in [3.8, 4) is 11.5 Å². The summed E-state index contributed by atoms with van der Waals surface area (Å²) in [6, 6.07) is 14.9. The predicted molar refractivity (Wildman–Crippen MR) is 104 cm³/mol. The Bertz CT molecular complexity index is 926. The van der Waals surface area contributed by atoms with Gasteiger partial charge in [-0.25, -0.2) is 4.79 Å². The van der Waals surface area contributed by atoms with E-state index in [0.29, 0.717) is 28.3 Å². The second kappa shape index (κ2) is 8.51. The van der Waals surface area contributed by atoms with Crippen molar-refractivity contribution in [3.05, 3.63) is 60.3 Å². The van der Waals surface area contributed by atoms with E-state index in [2.05, 4.69) is 10.3 Å². The van der Waals surface area contributed by atoms with Crippen LogP contribution in [0.5, 0.6) is 11.5 Å². The minimum absolute atomic E-state index is 0.268. The first-order valence-electron chi connectivity index (χ1n) is 8.83. The van der Waals surface area contributed by atoms with Crippen molar-refractivity contribution < 1.29 is 19.4 Å². The molecule has 0 aliphatic carbocycles. The molecule has 6 heteroatoms. The van der Waals surface area contributed by atoms with Crippen LogP contribution in [0.25, 0.3) is 10.9 Å². The van der Waals surface area contributed by atoms with Crippen molar-refractivity contribution >= 4 is 22.6 Å². The number of nitrogens with one attached hydrogen (secondary N) is 1. The van der Waals surface area contributed by atoms with Gasteiger partial charge in [-0.1, -0.05) is 18.2 Å². The molecule has 0 amide bonds. The number of anilines is 1. The number of aliphatic hydroxyl groups excluding tert-OH is 1. The molecule has 140 valence electrons. The van der Waals surface area contributed by atoms with Crippen LogP contribution in [0, 0.1) is 0 Å². The molecule has 0 radical (unpaired) electrons. The Balaban J connectivity index is 2.05. The van der Waals surface area contributed by atoms with E-state index >= 15 is 0 Å². The van der Waals surface area contributed by atoms with Crippen molar-refractivity contribution in [3.63, 3.8) is 0 Å². The fraction of sp³-hybridized carbons (Fsp3) is 0.238. The molecule has 3 rings (SSSR count). The van der Waals surface area contributed by atoms with Crippen molar-refractivity contribution in [2.75, 3.05) is 18.5 Å². The number of rotatable bonds is 7. The van der Waals surface area contributed by atoms with Crippen LogP contribution in [0.4, 0.5) is 5.69 Å². The lowest BCUT2D eigenvalue weighted by Gasteiger charge is -2.16. The van der Waals surface area contributed by atoms with E-state index in [0.717, 1.165) is 5.39 Å². The molecule has 0 bridgehead atoms. The minimum atomic E-state index is -0.577. The minimum Gasteiger partial charge on any atom is -0.462 e. The first kappa shape index (κ1) is 18.7. The molecular weight excluding hydrogens is 344 g/mol. The van der Waals surface area contributed by atoms with E-state index in [1.165, 1.54) is 6.20 Å². The number of para-hydroxylation sites is 1. The lowest BCUT2D eigenvalue weighted by Crippen LogP contribution is -2.18. The molecule has 1 unspecified atom stereocenters. The SMILES string of the molecule is CCOC(=O)c1cnc2ccc(Oc3ccccc3)cc2c1NCC(C)O. The summed E-state index contributed by atoms with van der Waals surface area (Å²) in [6.45, 7) is 3.98. The Morgan fingerprint density at radius 1 is 1.19 bits per heavy atom. The first-order chi connectivity index (χ1) is 13.1. The van der Waals surface area contributed by atoms with Crippen LogP contribution in [0.1, 0.15) is 24.2 Å². The highest BCUT2D eigenvalue weighted by atomic mass is 16.5. The number of carbonyl (C=O) groups excluding carboxylic acids is 1. The predicted octanol–water partition coefficient (Wildman–Crippen LogP) is 4.00. The smallest absolute Gasteiger partial charge is 0.341 e. The number of hydrogen-bond acceptors (Lipinski definition) is 6. The Kier molecular flexibility index (Phi) is 5.88. The normalized spacial score (nSPS) is 11.8. The molecule has 2 N–H and O–H groups in total. The second-order valence-corrected chi connectivity index (χ2v) is 6.09. The number of benzene rings is 2. The summed E-state index contributed by atoms with van der Waals surface area (Å²) in [5, 5.41) is 13.5. The van der Waals surface area contributed by atoms with Gasteiger partial charge in [0.05, 0.1) is 23.9 Å². The van der Waals surface area contributed by atoms with Crippen LogP contribution < -0.4 is 10.1 Å². The van der Waals surface area contributed by atoms with Crippen molar-refractivity contribution in [2.24, 2.45) is 0 Å². The van der Waals surface area contributed by atoms with Crippen LogP contribution in [0.15, 0.2) is 54.7 Å². The summed E-state index contributed by atoms with van der Waals surface area (Å²) in [6.07, 6.45) is 0.912. The lowest BCUT2D eigenvalue weighted by molar-refractivity contribution is 0.0527. The fourth-order valence-corrected chi connectivity index (χ4v) is 2.66. The van der Waals surface area contributed by atoms with Crippen LogP contribution in [-0.2, 0) is 4.74 Å². The third kappa shape index (κ3) is 4.54. The zero-order valence-electron chi connectivity index (χ0n) is 15.3. The maximum absolute atomic E-state index is 12.3. The van der Waals surface area contributed by atoms with Gasteiger partial charge in [0, 0.05) is 18.1 Å². The van der Waals surface area contributed by atoms with Crippen molar-refractivity contribution in [1.82, 2.24) is 4.98 Å². The zero-order chi connectivity index (χ0) is 19.2. The third-order valence-electron chi connectivity index (χ3n) is 3.89. The number of pyridine rings is 1. The first-order valence-corrected chi connectivity index (χ1v) is 8.83. The number of hydrogen-bond donors (Lipinski definition) is 2. The average molecular weight is 366 g/mol. The highest BCUT2D eigenvalue weighted by Gasteiger charge is 2.17. The van der Waals surface area contributed by atoms with Crippen molar-refractivity contribution in [1.29, 1.82) is 0 Å². The quantitative estimate of drug-likeness (QED) is 0.615. The maximum atomic E-state index is 12.3. The number of fused-ring (bicyclic) bond motifs is 1. The Morgan fingerprint density at radius 2 is 1.96 bits per heavy atom. The Morgan fingerprint density at radius 3 is 2.67 bits per heavy atom. The number of esters is 1. The molecular formula is C21H22N2O4. The molecule has 2 aromatic carbocycles. The fourth-order valence-electron chi connectivity index (χ4n) is 2.66. The van der Waals surface area contributed by atoms with Crippen LogP contribution >= 0.6 is 0 Å². The molecule has 1 heterocycles. The average Bonchev–Trinajstić information content (AvgIpc) is 2.66. The van der Waals surface area contributed by atoms with Gasteiger partial charge in [0.2, 0.25) is 0 Å². The number of nitrogens with zero attached hydrogens (tertiary/aromatic N) is 1. The highest BCUT2D eigenvalue weighted by Crippen LogP contribution is 2.31. The Hall–Kier alpha value is -3.12. The summed E-state index contributed by atoms with van der Waals surface area (Å²) in [5.74, 6) is 0.871. The van der Waals surface area contributed by atoms with Gasteiger partial charge < -0.3 is 19.9 Å². The standard InChI is InChI=1S/C21H22N2O4/c1-3-26-21(25)18-13-22-19-10-9-16(27-15-7-5-4-6-8-15)11-17(19)20(18)23-12-14(2)24/h4-11,13-14,24H,3,12H2,1-2H3,(H,22,23). The molecule has 0 saturated carbocycles. The van der Waals surface area contributed by atoms with E-state index < -0.39 is 12.1 Å². The van der Waals surface area contributed by atoms with E-state index in [1.807, 2.05) is 48.5 Å². The van der Waals surface area contributed by atoms with Gasteiger partial charge in [-0.15, -0.1) is 0 Å². The van der Waals surface area contributed by atoms with Crippen LogP contribution in [0.3, 0.4) is 0 Å². The molecule has 0 spiro atoms. The molecule has 0 saturated heterocycles. The number of aliphatic hydroxyl groups is 1. The molecule has 0 fully saturated rings. The van der Waals surface area contributed by atoms with Gasteiger partial charge in [0.15, 0.2) is 0 Å². The summed E-state index contributed by atoms with van der Waals surface area (Å²) in [7, 11) is 0. The summed E-state index contributed by atoms with van der Waals surface area (Å²) >= 11 is 0. The van der Waals surface area contributed by atoms with Gasteiger partial charge >= 0.3 is 5.97 Å². The number of aromatic nitrogens is 1. The monoisotopic (exact) mass is 366 g/mol. The topological polar surface area (TPSA) is 80.7 Å². The van der Waals surface area contributed by atoms with Gasteiger partial charge in [-0.2, -0.15) is 0 Å². The molecule has 0 aliphatic rings. The van der Waals surface area contributed by atoms with Crippen LogP contribution in [-0.4, -0.2) is 35.3 Å². The van der Waals surface area contributed by atoms with Gasteiger partial charge in [0.1, 0.15) is 17.1 Å². The summed E-state index contributed by atoms with van der Waals surface area (Å²) < 4.78 is 11.0. The third-order valence-corrected chi connectivity index (χ3v) is 3.89. The van der Waals surface area contributed by atoms with E-state index in [9.17, 15) is 9.90 Å². The summed E-state index contributed by atoms with van der Waals surface area (Å²) in [5.41, 5.74) is 1.59. The molecule has 3 aromatic rings. The molecule has 6 nitrogen and oxygen atoms in total. The van der Waals surface area contributed by atoms with E-state index in [1.54, 1.807) is 13.8 Å². The number of carbonyl (C=O) groups is 1. The van der Waals surface area contributed by atoms with Gasteiger partial charge in [-0.3, -0.25) is 4.98 Å². The lowest BCUT2D eigenvalue weighted by atomic mass is 10.1. The highest BCUT2D eigenvalue weighted by molar-refractivity contribution is 6.05. The van der Waals surface area contributed by atoms with E-state index in [4.69, 9.17) is 9.47 Å².